The number of benzene rings is 2. The SMILES string of the molecule is CCOc1ccc(NC(=O)c2ccccc2I)c([N+](=O)[O-])c1. The van der Waals surface area contributed by atoms with E-state index in [0.717, 1.165) is 3.57 Å². The first-order valence-corrected chi connectivity index (χ1v) is 7.58. The number of hydrogen-bond acceptors (Lipinski definition) is 4. The highest BCUT2D eigenvalue weighted by atomic mass is 127. The van der Waals surface area contributed by atoms with Crippen molar-refractivity contribution < 1.29 is 14.5 Å². The number of carbonyl (C=O) groups excluding carboxylic acids is 1. The van der Waals surface area contributed by atoms with E-state index in [1.165, 1.54) is 12.1 Å². The van der Waals surface area contributed by atoms with Crippen LogP contribution in [0.4, 0.5) is 11.4 Å². The Kier molecular flexibility index (Phi) is 5.31. The summed E-state index contributed by atoms with van der Waals surface area (Å²) in [4.78, 5) is 22.9. The van der Waals surface area contributed by atoms with Gasteiger partial charge < -0.3 is 10.1 Å². The maximum atomic E-state index is 12.3. The van der Waals surface area contributed by atoms with Crippen LogP contribution in [-0.4, -0.2) is 17.4 Å². The molecule has 2 aromatic carbocycles. The summed E-state index contributed by atoms with van der Waals surface area (Å²) in [5.74, 6) is -0.00116. The summed E-state index contributed by atoms with van der Waals surface area (Å²) in [5.41, 5.74) is 0.398. The first-order valence-electron chi connectivity index (χ1n) is 6.50. The van der Waals surface area contributed by atoms with Crippen molar-refractivity contribution in [2.24, 2.45) is 0 Å². The van der Waals surface area contributed by atoms with Crippen molar-refractivity contribution in [1.29, 1.82) is 0 Å². The second-order valence-electron chi connectivity index (χ2n) is 4.30. The Morgan fingerprint density at radius 1 is 1.32 bits per heavy atom. The molecule has 2 aromatic rings. The van der Waals surface area contributed by atoms with E-state index in [0.29, 0.717) is 17.9 Å². The Balaban J connectivity index is 2.31. The molecule has 0 saturated carbocycles. The molecule has 1 N–H and O–H groups in total. The van der Waals surface area contributed by atoms with Crippen LogP contribution in [0.25, 0.3) is 0 Å². The molecular formula is C15H13IN2O4. The van der Waals surface area contributed by atoms with Gasteiger partial charge in [-0.1, -0.05) is 12.1 Å². The number of ether oxygens (including phenoxy) is 1. The number of anilines is 1. The maximum Gasteiger partial charge on any atom is 0.296 e. The fourth-order valence-electron chi connectivity index (χ4n) is 1.86. The molecule has 0 heterocycles. The van der Waals surface area contributed by atoms with Gasteiger partial charge in [-0.3, -0.25) is 14.9 Å². The number of halogens is 1. The van der Waals surface area contributed by atoms with Crippen molar-refractivity contribution >= 4 is 39.9 Å². The molecule has 0 aliphatic heterocycles. The maximum absolute atomic E-state index is 12.3. The monoisotopic (exact) mass is 412 g/mol. The van der Waals surface area contributed by atoms with Gasteiger partial charge in [0.2, 0.25) is 0 Å². The minimum Gasteiger partial charge on any atom is -0.494 e. The van der Waals surface area contributed by atoms with Crippen LogP contribution in [0.1, 0.15) is 17.3 Å². The molecule has 0 atom stereocenters. The van der Waals surface area contributed by atoms with Crippen molar-refractivity contribution in [3.8, 4) is 5.75 Å². The zero-order chi connectivity index (χ0) is 16.1. The van der Waals surface area contributed by atoms with Gasteiger partial charge in [-0.25, -0.2) is 0 Å². The Morgan fingerprint density at radius 2 is 2.05 bits per heavy atom. The lowest BCUT2D eigenvalue weighted by Gasteiger charge is -2.09. The molecule has 22 heavy (non-hydrogen) atoms. The van der Waals surface area contributed by atoms with Crippen LogP contribution in [0, 0.1) is 13.7 Å². The van der Waals surface area contributed by atoms with E-state index in [2.05, 4.69) is 5.32 Å². The quantitative estimate of drug-likeness (QED) is 0.460. The van der Waals surface area contributed by atoms with E-state index >= 15 is 0 Å². The molecule has 0 bridgehead atoms. The topological polar surface area (TPSA) is 81.5 Å². The summed E-state index contributed by atoms with van der Waals surface area (Å²) >= 11 is 2.04. The normalized spacial score (nSPS) is 10.1. The van der Waals surface area contributed by atoms with Crippen molar-refractivity contribution in [2.75, 3.05) is 11.9 Å². The van der Waals surface area contributed by atoms with Crippen LogP contribution in [0.5, 0.6) is 5.75 Å². The molecule has 2 rings (SSSR count). The molecule has 6 nitrogen and oxygen atoms in total. The number of hydrogen-bond donors (Lipinski definition) is 1. The Morgan fingerprint density at radius 3 is 2.68 bits per heavy atom. The predicted molar refractivity (Wildman–Crippen MR) is 91.4 cm³/mol. The van der Waals surface area contributed by atoms with E-state index in [-0.39, 0.29) is 11.4 Å². The molecule has 114 valence electrons. The summed E-state index contributed by atoms with van der Waals surface area (Å²) in [6.45, 7) is 2.20. The molecule has 0 radical (unpaired) electrons. The van der Waals surface area contributed by atoms with Gasteiger partial charge in [-0.15, -0.1) is 0 Å². The second kappa shape index (κ2) is 7.21. The minimum atomic E-state index is -0.548. The standard InChI is InChI=1S/C15H13IN2O4/c1-2-22-10-7-8-13(14(9-10)18(20)21)17-15(19)11-5-3-4-6-12(11)16/h3-9H,2H2,1H3,(H,17,19). The molecule has 0 spiro atoms. The zero-order valence-corrected chi connectivity index (χ0v) is 13.9. The number of nitrogens with zero attached hydrogens (tertiary/aromatic N) is 1. The number of nitro groups is 1. The number of nitrogens with one attached hydrogen (secondary N) is 1. The Labute approximate surface area is 140 Å². The highest BCUT2D eigenvalue weighted by molar-refractivity contribution is 14.1. The molecule has 1 amide bonds. The Hall–Kier alpha value is -2.16. The number of rotatable bonds is 5. The van der Waals surface area contributed by atoms with Crippen LogP contribution >= 0.6 is 22.6 Å². The van der Waals surface area contributed by atoms with Gasteiger partial charge in [0.25, 0.3) is 11.6 Å². The predicted octanol–water partition coefficient (Wildman–Crippen LogP) is 3.85. The van der Waals surface area contributed by atoms with Crippen LogP contribution < -0.4 is 10.1 Å². The third-order valence-corrected chi connectivity index (χ3v) is 3.78. The largest absolute Gasteiger partial charge is 0.494 e. The summed E-state index contributed by atoms with van der Waals surface area (Å²) in [6.07, 6.45) is 0. The number of carbonyl (C=O) groups is 1. The van der Waals surface area contributed by atoms with Crippen LogP contribution in [0.3, 0.4) is 0 Å². The highest BCUT2D eigenvalue weighted by Crippen LogP contribution is 2.29. The fourth-order valence-corrected chi connectivity index (χ4v) is 2.49. The van der Waals surface area contributed by atoms with Crippen LogP contribution in [0.15, 0.2) is 42.5 Å². The van der Waals surface area contributed by atoms with Crippen molar-refractivity contribution in [3.63, 3.8) is 0 Å². The van der Waals surface area contributed by atoms with Gasteiger partial charge in [0.05, 0.1) is 23.2 Å². The van der Waals surface area contributed by atoms with Crippen molar-refractivity contribution in [2.45, 2.75) is 6.92 Å². The van der Waals surface area contributed by atoms with Crippen LogP contribution in [0.2, 0.25) is 0 Å². The van der Waals surface area contributed by atoms with Crippen molar-refractivity contribution in [1.82, 2.24) is 0 Å². The highest BCUT2D eigenvalue weighted by Gasteiger charge is 2.18. The lowest BCUT2D eigenvalue weighted by molar-refractivity contribution is -0.384. The molecular weight excluding hydrogens is 399 g/mol. The Bertz CT molecular complexity index is 718. The van der Waals surface area contributed by atoms with Gasteiger partial charge in [-0.2, -0.15) is 0 Å². The van der Waals surface area contributed by atoms with Crippen LogP contribution in [-0.2, 0) is 0 Å². The van der Waals surface area contributed by atoms with E-state index in [1.807, 2.05) is 28.7 Å². The van der Waals surface area contributed by atoms with Gasteiger partial charge in [-0.05, 0) is 53.8 Å². The molecule has 0 fully saturated rings. The molecule has 0 saturated heterocycles. The number of amides is 1. The molecule has 7 heteroatoms. The summed E-state index contributed by atoms with van der Waals surface area (Å²) in [5, 5.41) is 13.7. The van der Waals surface area contributed by atoms with Gasteiger partial charge in [0.15, 0.2) is 0 Å². The smallest absolute Gasteiger partial charge is 0.296 e. The van der Waals surface area contributed by atoms with E-state index < -0.39 is 10.8 Å². The fraction of sp³-hybridized carbons (Fsp3) is 0.133. The molecule has 0 aromatic heterocycles. The summed E-state index contributed by atoms with van der Waals surface area (Å²) in [7, 11) is 0. The average molecular weight is 412 g/mol. The molecule has 0 aliphatic carbocycles. The van der Waals surface area contributed by atoms with E-state index in [1.54, 1.807) is 31.2 Å². The number of nitro benzene ring substituents is 1. The van der Waals surface area contributed by atoms with E-state index in [4.69, 9.17) is 4.74 Å². The first-order chi connectivity index (χ1) is 10.5. The van der Waals surface area contributed by atoms with Crippen molar-refractivity contribution in [3.05, 3.63) is 61.7 Å². The molecule has 0 unspecified atom stereocenters. The summed E-state index contributed by atoms with van der Waals surface area (Å²) in [6, 6.07) is 11.4. The lowest BCUT2D eigenvalue weighted by Crippen LogP contribution is -2.14. The molecule has 0 aliphatic rings. The van der Waals surface area contributed by atoms with Gasteiger partial charge in [0.1, 0.15) is 11.4 Å². The van der Waals surface area contributed by atoms with E-state index in [9.17, 15) is 14.9 Å². The average Bonchev–Trinajstić information content (AvgIpc) is 2.49. The van der Waals surface area contributed by atoms with Gasteiger partial charge in [0, 0.05) is 3.57 Å². The minimum absolute atomic E-state index is 0.137. The summed E-state index contributed by atoms with van der Waals surface area (Å²) < 4.78 is 6.01. The third-order valence-electron chi connectivity index (χ3n) is 2.84. The zero-order valence-electron chi connectivity index (χ0n) is 11.7. The first kappa shape index (κ1) is 16.2. The van der Waals surface area contributed by atoms with Gasteiger partial charge >= 0.3 is 0 Å². The third kappa shape index (κ3) is 3.73. The second-order valence-corrected chi connectivity index (χ2v) is 5.47. The lowest BCUT2D eigenvalue weighted by atomic mass is 10.2.